The van der Waals surface area contributed by atoms with Gasteiger partial charge in [0.2, 0.25) is 0 Å². The van der Waals surface area contributed by atoms with Gasteiger partial charge in [0.05, 0.1) is 13.2 Å². The van der Waals surface area contributed by atoms with Crippen molar-refractivity contribution in [1.82, 2.24) is 0 Å². The smallest absolute Gasteiger partial charge is 0.146 e. The van der Waals surface area contributed by atoms with Crippen molar-refractivity contribution in [2.75, 3.05) is 18.9 Å². The zero-order valence-electron chi connectivity index (χ0n) is 15.9. The van der Waals surface area contributed by atoms with Crippen molar-refractivity contribution in [2.24, 2.45) is 0 Å². The van der Waals surface area contributed by atoms with E-state index in [-0.39, 0.29) is 11.1 Å². The molecule has 0 aliphatic carbocycles. The van der Waals surface area contributed by atoms with Crippen LogP contribution in [0.2, 0.25) is 0 Å². The molecule has 0 aromatic heterocycles. The van der Waals surface area contributed by atoms with E-state index in [2.05, 4.69) is 26.0 Å². The first-order valence-electron chi connectivity index (χ1n) is 9.28. The lowest BCUT2D eigenvalue weighted by molar-refractivity contribution is 0.300. The van der Waals surface area contributed by atoms with Crippen LogP contribution in [0.15, 0.2) is 30.3 Å². The molecule has 2 aromatic rings. The number of ether oxygens (including phenoxy) is 2. The van der Waals surface area contributed by atoms with E-state index in [4.69, 9.17) is 15.2 Å². The molecule has 0 spiro atoms. The van der Waals surface area contributed by atoms with E-state index < -0.39 is 0 Å². The molecule has 0 saturated carbocycles. The number of unbranched alkanes of at least 4 members (excludes halogenated alkanes) is 2. The molecule has 140 valence electrons. The van der Waals surface area contributed by atoms with Crippen molar-refractivity contribution in [3.63, 3.8) is 0 Å². The number of nitrogen functional groups attached to an aromatic ring is 1. The summed E-state index contributed by atoms with van der Waals surface area (Å²) < 4.78 is 11.8. The van der Waals surface area contributed by atoms with Gasteiger partial charge >= 0.3 is 0 Å². The Morgan fingerprint density at radius 3 is 2.04 bits per heavy atom. The highest BCUT2D eigenvalue weighted by Gasteiger charge is 2.21. The maximum Gasteiger partial charge on any atom is 0.146 e. The second kappa shape index (κ2) is 10.1. The van der Waals surface area contributed by atoms with Crippen LogP contribution in [0.4, 0.5) is 5.69 Å². The number of rotatable bonds is 9. The van der Waals surface area contributed by atoms with Gasteiger partial charge in [0.1, 0.15) is 34.8 Å². The van der Waals surface area contributed by atoms with Gasteiger partial charge in [-0.2, -0.15) is 10.5 Å². The lowest BCUT2D eigenvalue weighted by atomic mass is 9.97. The Bertz CT molecular complexity index is 846. The Morgan fingerprint density at radius 2 is 1.48 bits per heavy atom. The zero-order chi connectivity index (χ0) is 19.6. The molecule has 0 bridgehead atoms. The van der Waals surface area contributed by atoms with E-state index in [1.807, 2.05) is 12.1 Å². The number of hydrogen-bond donors (Lipinski definition) is 1. The van der Waals surface area contributed by atoms with E-state index in [1.54, 1.807) is 18.2 Å². The maximum atomic E-state index is 9.74. The average molecular weight is 363 g/mol. The molecule has 2 aromatic carbocycles. The molecule has 0 unspecified atom stereocenters. The van der Waals surface area contributed by atoms with E-state index in [9.17, 15) is 10.5 Å². The minimum atomic E-state index is 0.217. The van der Waals surface area contributed by atoms with Crippen LogP contribution in [0.1, 0.15) is 50.7 Å². The monoisotopic (exact) mass is 363 g/mol. The molecule has 0 aliphatic rings. The summed E-state index contributed by atoms with van der Waals surface area (Å²) in [6.45, 7) is 5.11. The highest BCUT2D eigenvalue weighted by Crippen LogP contribution is 2.40. The first-order valence-corrected chi connectivity index (χ1v) is 9.28. The molecule has 0 aliphatic heterocycles. The Morgan fingerprint density at radius 1 is 0.889 bits per heavy atom. The third kappa shape index (κ3) is 4.92. The van der Waals surface area contributed by atoms with Gasteiger partial charge in [-0.3, -0.25) is 0 Å². The highest BCUT2D eigenvalue weighted by molar-refractivity contribution is 5.79. The summed E-state index contributed by atoms with van der Waals surface area (Å²) in [7, 11) is 0. The molecule has 2 N–H and O–H groups in total. The number of nitrogens with zero attached hydrogens (tertiary/aromatic N) is 2. The average Bonchev–Trinajstić information content (AvgIpc) is 2.69. The summed E-state index contributed by atoms with van der Waals surface area (Å²) in [4.78, 5) is 0. The second-order valence-corrected chi connectivity index (χ2v) is 6.25. The fourth-order valence-corrected chi connectivity index (χ4v) is 2.64. The van der Waals surface area contributed by atoms with Gasteiger partial charge in [0.25, 0.3) is 0 Å². The van der Waals surface area contributed by atoms with Gasteiger partial charge in [0, 0.05) is 11.3 Å². The van der Waals surface area contributed by atoms with Crippen molar-refractivity contribution < 1.29 is 9.47 Å². The van der Waals surface area contributed by atoms with Gasteiger partial charge in [-0.25, -0.2) is 0 Å². The molecular formula is C22H25N3O2. The zero-order valence-corrected chi connectivity index (χ0v) is 15.9. The van der Waals surface area contributed by atoms with E-state index in [1.165, 1.54) is 0 Å². The third-order valence-electron chi connectivity index (χ3n) is 4.19. The topological polar surface area (TPSA) is 92.1 Å². The fourth-order valence-electron chi connectivity index (χ4n) is 2.64. The molecule has 27 heavy (non-hydrogen) atoms. The number of nitrogens with two attached hydrogens (primary N) is 1. The van der Waals surface area contributed by atoms with E-state index in [0.29, 0.717) is 30.4 Å². The van der Waals surface area contributed by atoms with Crippen LogP contribution >= 0.6 is 0 Å². The molecule has 0 fully saturated rings. The van der Waals surface area contributed by atoms with Gasteiger partial charge in [0.15, 0.2) is 0 Å². The summed E-state index contributed by atoms with van der Waals surface area (Å²) in [6, 6.07) is 13.4. The molecule has 5 nitrogen and oxygen atoms in total. The normalized spacial score (nSPS) is 10.1. The summed E-state index contributed by atoms with van der Waals surface area (Å²) in [5.74, 6) is 0.840. The Balaban J connectivity index is 2.61. The third-order valence-corrected chi connectivity index (χ3v) is 4.19. The van der Waals surface area contributed by atoms with Gasteiger partial charge in [-0.1, -0.05) is 38.8 Å². The number of anilines is 1. The molecule has 5 heteroatoms. The van der Waals surface area contributed by atoms with Crippen LogP contribution < -0.4 is 15.2 Å². The first-order chi connectivity index (χ1) is 13.2. The van der Waals surface area contributed by atoms with Gasteiger partial charge in [-0.05, 0) is 36.6 Å². The van der Waals surface area contributed by atoms with Crippen LogP contribution in [-0.4, -0.2) is 13.2 Å². The SMILES string of the molecule is CCCCOc1cc(-c2ccc(N)cc2)c(OCCCC)c(C#N)c1C#N. The largest absolute Gasteiger partial charge is 0.492 e. The minimum Gasteiger partial charge on any atom is -0.492 e. The fraction of sp³-hybridized carbons (Fsp3) is 0.364. The summed E-state index contributed by atoms with van der Waals surface area (Å²) >= 11 is 0. The molecule has 2 rings (SSSR count). The van der Waals surface area contributed by atoms with Crippen LogP contribution in [0, 0.1) is 22.7 Å². The summed E-state index contributed by atoms with van der Waals surface area (Å²) in [5.41, 5.74) is 8.48. The summed E-state index contributed by atoms with van der Waals surface area (Å²) in [5, 5.41) is 19.4. The van der Waals surface area contributed by atoms with Crippen LogP contribution in [-0.2, 0) is 0 Å². The lowest BCUT2D eigenvalue weighted by Gasteiger charge is -2.17. The van der Waals surface area contributed by atoms with Gasteiger partial charge < -0.3 is 15.2 Å². The quantitative estimate of drug-likeness (QED) is 0.498. The molecule has 0 amide bonds. The predicted molar refractivity (Wildman–Crippen MR) is 107 cm³/mol. The van der Waals surface area contributed by atoms with Crippen molar-refractivity contribution in [3.8, 4) is 34.8 Å². The molecule has 0 saturated heterocycles. The predicted octanol–water partition coefficient (Wildman–Crippen LogP) is 5.04. The van der Waals surface area contributed by atoms with Crippen LogP contribution in [0.3, 0.4) is 0 Å². The number of benzene rings is 2. The van der Waals surface area contributed by atoms with E-state index >= 15 is 0 Å². The minimum absolute atomic E-state index is 0.217. The van der Waals surface area contributed by atoms with Crippen molar-refractivity contribution in [2.45, 2.75) is 39.5 Å². The van der Waals surface area contributed by atoms with Crippen molar-refractivity contribution in [1.29, 1.82) is 10.5 Å². The second-order valence-electron chi connectivity index (χ2n) is 6.25. The summed E-state index contributed by atoms with van der Waals surface area (Å²) in [6.07, 6.45) is 3.69. The Hall–Kier alpha value is -3.18. The standard InChI is InChI=1S/C22H25N3O2/c1-3-5-11-26-21-13-18(16-7-9-17(25)10-8-16)22(27-12-6-4-2)20(15-24)19(21)14-23/h7-10,13H,3-6,11-12,25H2,1-2H3. The molecular weight excluding hydrogens is 338 g/mol. The van der Waals surface area contributed by atoms with Crippen LogP contribution in [0.5, 0.6) is 11.5 Å². The maximum absolute atomic E-state index is 9.74. The van der Waals surface area contributed by atoms with Crippen molar-refractivity contribution in [3.05, 3.63) is 41.5 Å². The first kappa shape index (κ1) is 20.1. The lowest BCUT2D eigenvalue weighted by Crippen LogP contribution is -2.05. The molecule has 0 atom stereocenters. The molecule has 0 radical (unpaired) electrons. The van der Waals surface area contributed by atoms with E-state index in [0.717, 1.165) is 36.8 Å². The van der Waals surface area contributed by atoms with Crippen molar-refractivity contribution >= 4 is 5.69 Å². The molecule has 0 heterocycles. The highest BCUT2D eigenvalue weighted by atomic mass is 16.5. The Labute approximate surface area is 160 Å². The van der Waals surface area contributed by atoms with Gasteiger partial charge in [-0.15, -0.1) is 0 Å². The van der Waals surface area contributed by atoms with Crippen LogP contribution in [0.25, 0.3) is 11.1 Å². The Kier molecular flexibility index (Phi) is 7.52. The number of hydrogen-bond acceptors (Lipinski definition) is 5. The number of nitriles is 2.